The maximum absolute atomic E-state index is 12.3. The molecule has 0 aromatic carbocycles. The summed E-state index contributed by atoms with van der Waals surface area (Å²) in [6.07, 6.45) is 1.67. The van der Waals surface area contributed by atoms with Gasteiger partial charge < -0.3 is 20.7 Å². The van der Waals surface area contributed by atoms with E-state index in [0.29, 0.717) is 28.7 Å². The van der Waals surface area contributed by atoms with Gasteiger partial charge in [-0.05, 0) is 18.9 Å². The number of carbonyl (C=O) groups excluding carboxylic acids is 2. The van der Waals surface area contributed by atoms with Crippen LogP contribution in [-0.4, -0.2) is 38.9 Å². The van der Waals surface area contributed by atoms with Crippen molar-refractivity contribution in [3.63, 3.8) is 0 Å². The van der Waals surface area contributed by atoms with E-state index in [-0.39, 0.29) is 35.9 Å². The van der Waals surface area contributed by atoms with Gasteiger partial charge >= 0.3 is 5.97 Å². The molecule has 2 aromatic rings. The topological polar surface area (TPSA) is 124 Å². The van der Waals surface area contributed by atoms with Crippen LogP contribution in [0.5, 0.6) is 0 Å². The lowest BCUT2D eigenvalue weighted by molar-refractivity contribution is -0.138. The van der Waals surface area contributed by atoms with Crippen molar-refractivity contribution in [2.75, 3.05) is 5.32 Å². The lowest BCUT2D eigenvalue weighted by atomic mass is 9.97. The number of hydrogen-bond donors (Lipinski definition) is 4. The molecule has 2 aromatic heterocycles. The van der Waals surface area contributed by atoms with Crippen molar-refractivity contribution in [1.82, 2.24) is 15.3 Å². The largest absolute Gasteiger partial charge is 0.481 e. The van der Waals surface area contributed by atoms with Crippen molar-refractivity contribution in [2.45, 2.75) is 38.1 Å². The fraction of sp³-hybridized carbons (Fsp3) is 0.375. The average molecular weight is 431 g/mol. The number of hydrogen-bond acceptors (Lipinski definition) is 5. The van der Waals surface area contributed by atoms with E-state index >= 15 is 0 Å². The number of aromatic nitrogens is 2. The number of H-pyrrole nitrogens is 1. The number of nitrogens with one attached hydrogen (secondary N) is 3. The van der Waals surface area contributed by atoms with Gasteiger partial charge in [0.05, 0.1) is 17.1 Å². The lowest BCUT2D eigenvalue weighted by Gasteiger charge is -2.22. The molecule has 0 saturated carbocycles. The van der Waals surface area contributed by atoms with Crippen molar-refractivity contribution in [1.29, 1.82) is 0 Å². The summed E-state index contributed by atoms with van der Waals surface area (Å²) in [5.41, 5.74) is 1.19. The number of aliphatic carboxylic acids is 1. The second-order valence-electron chi connectivity index (χ2n) is 6.09. The number of nitrogens with zero attached hydrogens (tertiary/aromatic N) is 1. The Bertz CT molecular complexity index is 876. The molecule has 2 amide bonds. The molecule has 144 valence electrons. The molecule has 0 saturated heterocycles. The Morgan fingerprint density at radius 3 is 2.78 bits per heavy atom. The normalized spacial score (nSPS) is 15.9. The van der Waals surface area contributed by atoms with Gasteiger partial charge in [0.2, 0.25) is 5.91 Å². The van der Waals surface area contributed by atoms with Gasteiger partial charge in [-0.1, -0.05) is 23.2 Å². The molecule has 8 nitrogen and oxygen atoms in total. The monoisotopic (exact) mass is 430 g/mol. The molecule has 4 N–H and O–H groups in total. The molecule has 0 unspecified atom stereocenters. The number of aryl methyl sites for hydroxylation is 1. The summed E-state index contributed by atoms with van der Waals surface area (Å²) < 4.78 is 0. The Morgan fingerprint density at radius 2 is 2.11 bits per heavy atom. The Morgan fingerprint density at radius 1 is 1.33 bits per heavy atom. The minimum absolute atomic E-state index is 0.0677. The fourth-order valence-electron chi connectivity index (χ4n) is 2.74. The van der Waals surface area contributed by atoms with Crippen LogP contribution >= 0.6 is 34.5 Å². The van der Waals surface area contributed by atoms with E-state index in [1.165, 1.54) is 17.4 Å². The molecule has 1 aliphatic rings. The molecule has 11 heteroatoms. The quantitative estimate of drug-likeness (QED) is 0.560. The molecule has 1 aliphatic carbocycles. The molecule has 0 spiro atoms. The summed E-state index contributed by atoms with van der Waals surface area (Å²) in [5.74, 6) is -1.69. The van der Waals surface area contributed by atoms with Crippen LogP contribution in [0.4, 0.5) is 5.13 Å². The van der Waals surface area contributed by atoms with Gasteiger partial charge in [0.25, 0.3) is 5.91 Å². The van der Waals surface area contributed by atoms with Gasteiger partial charge in [-0.25, -0.2) is 4.98 Å². The first-order valence-electron chi connectivity index (χ1n) is 8.17. The Labute approximate surface area is 168 Å². The first kappa shape index (κ1) is 19.7. The summed E-state index contributed by atoms with van der Waals surface area (Å²) in [5, 5.41) is 15.1. The number of thiazole rings is 1. The second kappa shape index (κ2) is 8.28. The minimum Gasteiger partial charge on any atom is -0.481 e. The Balaban J connectivity index is 1.58. The van der Waals surface area contributed by atoms with E-state index in [2.05, 4.69) is 20.6 Å². The van der Waals surface area contributed by atoms with Crippen LogP contribution in [0.3, 0.4) is 0 Å². The van der Waals surface area contributed by atoms with E-state index in [9.17, 15) is 14.4 Å². The maximum Gasteiger partial charge on any atom is 0.303 e. The average Bonchev–Trinajstić information content (AvgIpc) is 3.15. The zero-order valence-corrected chi connectivity index (χ0v) is 16.3. The van der Waals surface area contributed by atoms with Crippen LogP contribution in [0.1, 0.15) is 40.3 Å². The fourth-order valence-corrected chi connectivity index (χ4v) is 4.16. The van der Waals surface area contributed by atoms with Gasteiger partial charge in [-0.15, -0.1) is 11.3 Å². The van der Waals surface area contributed by atoms with Crippen LogP contribution in [0.25, 0.3) is 0 Å². The summed E-state index contributed by atoms with van der Waals surface area (Å²) in [7, 11) is 0. The molecule has 0 fully saturated rings. The summed E-state index contributed by atoms with van der Waals surface area (Å²) in [4.78, 5) is 42.6. The molecule has 3 rings (SSSR count). The first-order chi connectivity index (χ1) is 12.8. The van der Waals surface area contributed by atoms with Gasteiger partial charge in [-0.2, -0.15) is 0 Å². The zero-order chi connectivity index (χ0) is 19.6. The van der Waals surface area contributed by atoms with Crippen molar-refractivity contribution in [3.8, 4) is 0 Å². The second-order valence-corrected chi connectivity index (χ2v) is 7.96. The first-order valence-corrected chi connectivity index (χ1v) is 9.74. The minimum atomic E-state index is -1.02. The van der Waals surface area contributed by atoms with E-state index in [1.54, 1.807) is 0 Å². The molecule has 0 bridgehead atoms. The molecule has 0 aliphatic heterocycles. The number of anilines is 1. The summed E-state index contributed by atoms with van der Waals surface area (Å²) in [6, 6.07) is 1.41. The van der Waals surface area contributed by atoms with E-state index in [0.717, 1.165) is 17.0 Å². The standard InChI is InChI=1S/C16H16Cl2N4O4S/c17-8-6-10(20-14(8)18)15(26)19-7-1-2-9-11(5-7)27-16(21-9)22-12(23)3-4-13(24)25/h6-7,20H,1-5H2,(H,19,26)(H,24,25)(H,21,22,23)/t7-/m0/s1. The SMILES string of the molecule is O=C(O)CCC(=O)Nc1nc2c(s1)C[C@@H](NC(=O)c1cc(Cl)c(Cl)[nH]1)CC2. The lowest BCUT2D eigenvalue weighted by Crippen LogP contribution is -2.38. The number of carbonyl (C=O) groups is 3. The van der Waals surface area contributed by atoms with Crippen molar-refractivity contribution in [3.05, 3.63) is 32.5 Å². The molecule has 1 atom stereocenters. The number of aromatic amines is 1. The number of carboxylic acid groups (broad SMARTS) is 1. The van der Waals surface area contributed by atoms with E-state index < -0.39 is 5.97 Å². The zero-order valence-electron chi connectivity index (χ0n) is 14.0. The number of rotatable bonds is 6. The van der Waals surface area contributed by atoms with Crippen LogP contribution in [-0.2, 0) is 22.4 Å². The van der Waals surface area contributed by atoms with Gasteiger partial charge in [0.1, 0.15) is 10.8 Å². The molecule has 2 heterocycles. The molecule has 27 heavy (non-hydrogen) atoms. The highest BCUT2D eigenvalue weighted by molar-refractivity contribution is 7.15. The van der Waals surface area contributed by atoms with Crippen molar-refractivity contribution >= 4 is 57.5 Å². The highest BCUT2D eigenvalue weighted by Crippen LogP contribution is 2.30. The highest BCUT2D eigenvalue weighted by atomic mass is 35.5. The Kier molecular flexibility index (Phi) is 6.03. The third kappa shape index (κ3) is 5.00. The number of fused-ring (bicyclic) bond motifs is 1. The van der Waals surface area contributed by atoms with Crippen molar-refractivity contribution in [2.24, 2.45) is 0 Å². The van der Waals surface area contributed by atoms with Crippen molar-refractivity contribution < 1.29 is 19.5 Å². The van der Waals surface area contributed by atoms with E-state index in [1.807, 2.05) is 0 Å². The third-order valence-corrected chi connectivity index (χ3v) is 5.79. The van der Waals surface area contributed by atoms with Gasteiger partial charge in [-0.3, -0.25) is 14.4 Å². The van der Waals surface area contributed by atoms with Crippen LogP contribution in [0.2, 0.25) is 10.2 Å². The molecular weight excluding hydrogens is 415 g/mol. The number of carboxylic acids is 1. The Hall–Kier alpha value is -2.10. The predicted molar refractivity (Wildman–Crippen MR) is 102 cm³/mol. The van der Waals surface area contributed by atoms with Gasteiger partial charge in [0.15, 0.2) is 5.13 Å². The van der Waals surface area contributed by atoms with Crippen LogP contribution in [0, 0.1) is 0 Å². The summed E-state index contributed by atoms with van der Waals surface area (Å²) >= 11 is 13.0. The smallest absolute Gasteiger partial charge is 0.303 e. The van der Waals surface area contributed by atoms with Gasteiger partial charge in [0, 0.05) is 23.8 Å². The van der Waals surface area contributed by atoms with Crippen LogP contribution < -0.4 is 10.6 Å². The predicted octanol–water partition coefficient (Wildman–Crippen LogP) is 2.87. The maximum atomic E-state index is 12.3. The number of halogens is 2. The van der Waals surface area contributed by atoms with E-state index in [4.69, 9.17) is 28.3 Å². The summed E-state index contributed by atoms with van der Waals surface area (Å²) in [6.45, 7) is 0. The van der Waals surface area contributed by atoms with Crippen LogP contribution in [0.15, 0.2) is 6.07 Å². The molecular formula is C16H16Cl2N4O4S. The third-order valence-electron chi connectivity index (χ3n) is 4.06. The molecule has 0 radical (unpaired) electrons. The number of amides is 2. The highest BCUT2D eigenvalue weighted by Gasteiger charge is 2.25.